The molecular weight excluding hydrogens is 224 g/mol. The molecule has 0 N–H and O–H groups in total. The van der Waals surface area contributed by atoms with Crippen molar-refractivity contribution in [2.75, 3.05) is 26.7 Å². The van der Waals surface area contributed by atoms with E-state index in [1.165, 1.54) is 10.7 Å². The van der Waals surface area contributed by atoms with E-state index in [4.69, 9.17) is 0 Å². The zero-order chi connectivity index (χ0) is 12.3. The number of rotatable bonds is 5. The fourth-order valence-electron chi connectivity index (χ4n) is 2.28. The second-order valence-corrected chi connectivity index (χ2v) is 7.39. The van der Waals surface area contributed by atoms with E-state index in [0.717, 1.165) is 19.5 Å². The Kier molecular flexibility index (Phi) is 4.76. The minimum absolute atomic E-state index is 0.325. The quantitative estimate of drug-likeness (QED) is 0.732. The van der Waals surface area contributed by atoms with E-state index >= 15 is 0 Å². The summed E-state index contributed by atoms with van der Waals surface area (Å²) in [5.74, 6) is 0. The van der Waals surface area contributed by atoms with Gasteiger partial charge in [0, 0.05) is 19.6 Å². The van der Waals surface area contributed by atoms with Crippen LogP contribution in [-0.2, 0) is 10.0 Å². The molecule has 0 saturated carbocycles. The summed E-state index contributed by atoms with van der Waals surface area (Å²) in [6.45, 7) is 8.36. The Hall–Kier alpha value is -0.130. The molecule has 0 radical (unpaired) electrons. The molecule has 0 aliphatic carbocycles. The van der Waals surface area contributed by atoms with Crippen LogP contribution in [0.4, 0.5) is 0 Å². The van der Waals surface area contributed by atoms with Gasteiger partial charge in [0.05, 0.1) is 5.25 Å². The number of nitrogens with zero attached hydrogens (tertiary/aromatic N) is 2. The van der Waals surface area contributed by atoms with Crippen LogP contribution in [0.1, 0.15) is 33.6 Å². The van der Waals surface area contributed by atoms with Gasteiger partial charge >= 0.3 is 0 Å². The molecule has 96 valence electrons. The third-order valence-electron chi connectivity index (χ3n) is 3.40. The van der Waals surface area contributed by atoms with Crippen LogP contribution >= 0.6 is 0 Å². The fraction of sp³-hybridized carbons (Fsp3) is 1.00. The van der Waals surface area contributed by atoms with Gasteiger partial charge in [0.1, 0.15) is 0 Å². The second-order valence-electron chi connectivity index (χ2n) is 4.80. The average molecular weight is 248 g/mol. The van der Waals surface area contributed by atoms with E-state index in [9.17, 15) is 8.42 Å². The molecule has 0 bridgehead atoms. The predicted molar refractivity (Wildman–Crippen MR) is 67.0 cm³/mol. The summed E-state index contributed by atoms with van der Waals surface area (Å²) in [5, 5.41) is -0.325. The first kappa shape index (κ1) is 13.9. The van der Waals surface area contributed by atoms with Crippen LogP contribution < -0.4 is 0 Å². The van der Waals surface area contributed by atoms with E-state index in [1.54, 1.807) is 20.9 Å². The molecule has 1 aliphatic heterocycles. The van der Waals surface area contributed by atoms with E-state index in [-0.39, 0.29) is 5.25 Å². The molecule has 0 aromatic heterocycles. The normalized spacial score (nSPS) is 23.5. The topological polar surface area (TPSA) is 40.6 Å². The summed E-state index contributed by atoms with van der Waals surface area (Å²) in [4.78, 5) is 2.37. The molecule has 1 unspecified atom stereocenters. The Morgan fingerprint density at radius 3 is 2.56 bits per heavy atom. The van der Waals surface area contributed by atoms with Crippen molar-refractivity contribution in [1.29, 1.82) is 0 Å². The summed E-state index contributed by atoms with van der Waals surface area (Å²) in [6.07, 6.45) is 2.31. The van der Waals surface area contributed by atoms with Crippen molar-refractivity contribution in [3.05, 3.63) is 0 Å². The number of likely N-dealkylation sites (tertiary alicyclic amines) is 1. The van der Waals surface area contributed by atoms with Crippen molar-refractivity contribution in [3.8, 4) is 0 Å². The molecule has 1 rings (SSSR count). The summed E-state index contributed by atoms with van der Waals surface area (Å²) in [7, 11) is -1.39. The fourth-order valence-corrected chi connectivity index (χ4v) is 3.38. The lowest BCUT2D eigenvalue weighted by Gasteiger charge is -2.28. The third-order valence-corrected chi connectivity index (χ3v) is 5.61. The van der Waals surface area contributed by atoms with E-state index in [2.05, 4.69) is 11.8 Å². The molecule has 1 aliphatic rings. The Balaban J connectivity index is 2.61. The highest BCUT2D eigenvalue weighted by Gasteiger charge is 2.29. The maximum Gasteiger partial charge on any atom is 0.216 e. The molecule has 1 fully saturated rings. The average Bonchev–Trinajstić information content (AvgIpc) is 2.64. The molecule has 1 atom stereocenters. The van der Waals surface area contributed by atoms with Crippen LogP contribution in [0.25, 0.3) is 0 Å². The minimum Gasteiger partial charge on any atom is -0.299 e. The first-order valence-electron chi connectivity index (χ1n) is 6.08. The molecule has 0 aromatic carbocycles. The van der Waals surface area contributed by atoms with Gasteiger partial charge in [0.2, 0.25) is 10.0 Å². The van der Waals surface area contributed by atoms with Crippen LogP contribution in [0.15, 0.2) is 0 Å². The Labute approximate surface area is 99.7 Å². The number of sulfonamides is 1. The van der Waals surface area contributed by atoms with Crippen LogP contribution in [0.5, 0.6) is 0 Å². The number of likely N-dealkylation sites (N-methyl/N-ethyl adjacent to an activating group) is 2. The molecule has 0 aromatic rings. The lowest BCUT2D eigenvalue weighted by Crippen LogP contribution is -2.43. The maximum atomic E-state index is 11.9. The first-order chi connectivity index (χ1) is 7.39. The molecular formula is C11H24N2O2S. The third kappa shape index (κ3) is 2.96. The van der Waals surface area contributed by atoms with Gasteiger partial charge in [-0.05, 0) is 39.8 Å². The van der Waals surface area contributed by atoms with Crippen molar-refractivity contribution in [2.45, 2.75) is 44.9 Å². The van der Waals surface area contributed by atoms with Gasteiger partial charge in [-0.1, -0.05) is 6.92 Å². The molecule has 1 heterocycles. The summed E-state index contributed by atoms with van der Waals surface area (Å²) in [5.41, 5.74) is 0. The zero-order valence-corrected chi connectivity index (χ0v) is 11.6. The van der Waals surface area contributed by atoms with Crippen LogP contribution in [0, 0.1) is 0 Å². The van der Waals surface area contributed by atoms with E-state index < -0.39 is 10.0 Å². The molecule has 0 spiro atoms. The lowest BCUT2D eigenvalue weighted by molar-refractivity contribution is 0.237. The highest BCUT2D eigenvalue weighted by molar-refractivity contribution is 7.89. The van der Waals surface area contributed by atoms with Crippen molar-refractivity contribution >= 4 is 10.0 Å². The first-order valence-corrected chi connectivity index (χ1v) is 7.59. The van der Waals surface area contributed by atoms with Gasteiger partial charge in [0.25, 0.3) is 0 Å². The van der Waals surface area contributed by atoms with Gasteiger partial charge in [-0.25, -0.2) is 12.7 Å². The van der Waals surface area contributed by atoms with E-state index in [1.807, 2.05) is 0 Å². The van der Waals surface area contributed by atoms with Crippen LogP contribution in [0.2, 0.25) is 0 Å². The molecule has 0 amide bonds. The summed E-state index contributed by atoms with van der Waals surface area (Å²) in [6, 6.07) is 0.406. The highest BCUT2D eigenvalue weighted by atomic mass is 32.2. The van der Waals surface area contributed by atoms with E-state index in [0.29, 0.717) is 12.6 Å². The molecule has 4 nitrogen and oxygen atoms in total. The minimum atomic E-state index is -3.09. The van der Waals surface area contributed by atoms with Gasteiger partial charge in [-0.2, -0.15) is 0 Å². The number of hydrogen-bond acceptors (Lipinski definition) is 3. The van der Waals surface area contributed by atoms with Crippen LogP contribution in [-0.4, -0.2) is 55.6 Å². The molecule has 5 heteroatoms. The number of hydrogen-bond donors (Lipinski definition) is 0. The largest absolute Gasteiger partial charge is 0.299 e. The Morgan fingerprint density at radius 1 is 1.44 bits per heavy atom. The molecule has 1 saturated heterocycles. The summed E-state index contributed by atoms with van der Waals surface area (Å²) >= 11 is 0. The zero-order valence-electron chi connectivity index (χ0n) is 10.8. The molecule has 16 heavy (non-hydrogen) atoms. The lowest BCUT2D eigenvalue weighted by atomic mass is 10.2. The van der Waals surface area contributed by atoms with Crippen molar-refractivity contribution < 1.29 is 8.42 Å². The summed E-state index contributed by atoms with van der Waals surface area (Å²) < 4.78 is 25.4. The van der Waals surface area contributed by atoms with Gasteiger partial charge < -0.3 is 0 Å². The van der Waals surface area contributed by atoms with Crippen LogP contribution in [0.3, 0.4) is 0 Å². The van der Waals surface area contributed by atoms with Crippen molar-refractivity contribution in [2.24, 2.45) is 0 Å². The van der Waals surface area contributed by atoms with Crippen molar-refractivity contribution in [3.63, 3.8) is 0 Å². The SMILES string of the molecule is CCN1CCCC1CN(C)S(=O)(=O)C(C)C. The van der Waals surface area contributed by atoms with Gasteiger partial charge in [-0.15, -0.1) is 0 Å². The van der Waals surface area contributed by atoms with Gasteiger partial charge in [0.15, 0.2) is 0 Å². The Morgan fingerprint density at radius 2 is 2.06 bits per heavy atom. The standard InChI is InChI=1S/C11H24N2O2S/c1-5-13-8-6-7-11(13)9-12(4)16(14,15)10(2)3/h10-11H,5-9H2,1-4H3. The smallest absolute Gasteiger partial charge is 0.216 e. The Bertz CT molecular complexity index is 314. The maximum absolute atomic E-state index is 11.9. The highest BCUT2D eigenvalue weighted by Crippen LogP contribution is 2.19. The van der Waals surface area contributed by atoms with Crippen molar-refractivity contribution in [1.82, 2.24) is 9.21 Å². The second kappa shape index (κ2) is 5.47. The predicted octanol–water partition coefficient (Wildman–Crippen LogP) is 1.14. The van der Waals surface area contributed by atoms with Gasteiger partial charge in [-0.3, -0.25) is 4.90 Å². The monoisotopic (exact) mass is 248 g/mol.